The third-order valence-corrected chi connectivity index (χ3v) is 5.99. The lowest BCUT2D eigenvalue weighted by molar-refractivity contribution is -0.132. The summed E-state index contributed by atoms with van der Waals surface area (Å²) in [5.74, 6) is 1.48. The van der Waals surface area contributed by atoms with Gasteiger partial charge < -0.3 is 14.9 Å². The van der Waals surface area contributed by atoms with E-state index in [1.165, 1.54) is 0 Å². The van der Waals surface area contributed by atoms with E-state index in [0.29, 0.717) is 5.92 Å². The second-order valence-corrected chi connectivity index (χ2v) is 7.79. The first kappa shape index (κ1) is 15.8. The molecule has 2 aliphatic rings. The molecule has 1 aliphatic heterocycles. The van der Waals surface area contributed by atoms with E-state index in [0.717, 1.165) is 54.8 Å². The molecule has 4 rings (SSSR count). The van der Waals surface area contributed by atoms with Crippen molar-refractivity contribution in [2.75, 3.05) is 25.0 Å². The van der Waals surface area contributed by atoms with Crippen LogP contribution in [-0.4, -0.2) is 58.2 Å². The van der Waals surface area contributed by atoms with Crippen molar-refractivity contribution >= 4 is 33.3 Å². The van der Waals surface area contributed by atoms with Gasteiger partial charge >= 0.3 is 0 Å². The van der Waals surface area contributed by atoms with Gasteiger partial charge in [-0.2, -0.15) is 0 Å². The minimum Gasteiger partial charge on any atom is -0.393 e. The van der Waals surface area contributed by atoms with Crippen LogP contribution in [0.5, 0.6) is 0 Å². The quantitative estimate of drug-likeness (QED) is 0.915. The minimum atomic E-state index is -0.172. The first-order valence-electron chi connectivity index (χ1n) is 8.51. The average Bonchev–Trinajstić information content (AvgIpc) is 3.21. The maximum Gasteiger partial charge on any atom is 0.245 e. The Labute approximate surface area is 145 Å². The summed E-state index contributed by atoms with van der Waals surface area (Å²) >= 11 is 1.60. The fourth-order valence-corrected chi connectivity index (χ4v) is 4.59. The van der Waals surface area contributed by atoms with Gasteiger partial charge in [0.1, 0.15) is 23.0 Å². The molecule has 7 heteroatoms. The Morgan fingerprint density at radius 3 is 3.08 bits per heavy atom. The lowest BCUT2D eigenvalue weighted by Gasteiger charge is -2.36. The number of anilines is 1. The number of hydrogen-bond acceptors (Lipinski definition) is 6. The standard InChI is InChI=1S/C17H22N4O2S/c1-20(9-11-7-12(22)8-11)17(23)14-3-2-5-21(14)15-13-4-6-24-16(13)19-10-18-15/h4,6,10-12,14,22H,2-3,5,7-9H2,1H3/t11?,12?,14-/m1/s1. The van der Waals surface area contributed by atoms with E-state index in [1.807, 2.05) is 23.4 Å². The van der Waals surface area contributed by atoms with Gasteiger partial charge in [-0.1, -0.05) is 0 Å². The Bertz CT molecular complexity index is 743. The van der Waals surface area contributed by atoms with Gasteiger partial charge in [-0.25, -0.2) is 9.97 Å². The highest BCUT2D eigenvalue weighted by atomic mass is 32.1. The summed E-state index contributed by atoms with van der Waals surface area (Å²) in [5.41, 5.74) is 0. The third-order valence-electron chi connectivity index (χ3n) is 5.17. The number of rotatable bonds is 4. The predicted molar refractivity (Wildman–Crippen MR) is 94.2 cm³/mol. The maximum absolute atomic E-state index is 12.9. The van der Waals surface area contributed by atoms with Crippen LogP contribution in [0.25, 0.3) is 10.2 Å². The van der Waals surface area contributed by atoms with Gasteiger partial charge in [0.05, 0.1) is 11.5 Å². The fraction of sp³-hybridized carbons (Fsp3) is 0.588. The molecule has 2 aromatic heterocycles. The Hall–Kier alpha value is -1.73. The van der Waals surface area contributed by atoms with E-state index in [2.05, 4.69) is 14.9 Å². The molecule has 1 amide bonds. The molecule has 24 heavy (non-hydrogen) atoms. The number of nitrogens with zero attached hydrogens (tertiary/aromatic N) is 4. The van der Waals surface area contributed by atoms with Crippen molar-refractivity contribution in [3.63, 3.8) is 0 Å². The van der Waals surface area contributed by atoms with Gasteiger partial charge in [-0.05, 0) is 43.0 Å². The summed E-state index contributed by atoms with van der Waals surface area (Å²) in [7, 11) is 1.88. The summed E-state index contributed by atoms with van der Waals surface area (Å²) in [4.78, 5) is 26.7. The Morgan fingerprint density at radius 2 is 2.29 bits per heavy atom. The van der Waals surface area contributed by atoms with E-state index in [-0.39, 0.29) is 18.1 Å². The monoisotopic (exact) mass is 346 g/mol. The fourth-order valence-electron chi connectivity index (χ4n) is 3.86. The van der Waals surface area contributed by atoms with Crippen LogP contribution in [0.1, 0.15) is 25.7 Å². The van der Waals surface area contributed by atoms with Gasteiger partial charge in [-0.15, -0.1) is 11.3 Å². The maximum atomic E-state index is 12.9. The molecule has 2 fully saturated rings. The molecule has 0 spiro atoms. The molecular formula is C17H22N4O2S. The molecule has 1 N–H and O–H groups in total. The van der Waals surface area contributed by atoms with Crippen LogP contribution in [0.15, 0.2) is 17.8 Å². The van der Waals surface area contributed by atoms with Crippen molar-refractivity contribution in [1.29, 1.82) is 0 Å². The topological polar surface area (TPSA) is 69.6 Å². The van der Waals surface area contributed by atoms with Crippen molar-refractivity contribution in [3.05, 3.63) is 17.8 Å². The molecule has 1 atom stereocenters. The highest BCUT2D eigenvalue weighted by Gasteiger charge is 2.36. The molecule has 0 unspecified atom stereocenters. The van der Waals surface area contributed by atoms with E-state index in [9.17, 15) is 9.90 Å². The summed E-state index contributed by atoms with van der Waals surface area (Å²) in [6.07, 6.45) is 4.91. The van der Waals surface area contributed by atoms with Crippen LogP contribution in [-0.2, 0) is 4.79 Å². The van der Waals surface area contributed by atoms with Crippen LogP contribution in [0.3, 0.4) is 0 Å². The Balaban J connectivity index is 1.52. The van der Waals surface area contributed by atoms with Crippen molar-refractivity contribution < 1.29 is 9.90 Å². The Morgan fingerprint density at radius 1 is 1.46 bits per heavy atom. The molecule has 2 aromatic rings. The van der Waals surface area contributed by atoms with Gasteiger partial charge in [-0.3, -0.25) is 4.79 Å². The largest absolute Gasteiger partial charge is 0.393 e. The summed E-state index contributed by atoms with van der Waals surface area (Å²) < 4.78 is 0. The van der Waals surface area contributed by atoms with Gasteiger partial charge in [0.2, 0.25) is 5.91 Å². The average molecular weight is 346 g/mol. The zero-order chi connectivity index (χ0) is 16.7. The number of carbonyl (C=O) groups is 1. The number of fused-ring (bicyclic) bond motifs is 1. The molecule has 128 valence electrons. The SMILES string of the molecule is CN(CC1CC(O)C1)C(=O)[C@H]1CCCN1c1ncnc2sccc12. The molecule has 0 bridgehead atoms. The molecule has 1 saturated carbocycles. The third kappa shape index (κ3) is 2.75. The van der Waals surface area contributed by atoms with Crippen LogP contribution < -0.4 is 4.90 Å². The van der Waals surface area contributed by atoms with Crippen molar-refractivity contribution in [2.45, 2.75) is 37.8 Å². The lowest BCUT2D eigenvalue weighted by atomic mass is 9.82. The first-order chi connectivity index (χ1) is 11.6. The van der Waals surface area contributed by atoms with Crippen molar-refractivity contribution in [3.8, 4) is 0 Å². The normalized spacial score (nSPS) is 26.6. The summed E-state index contributed by atoms with van der Waals surface area (Å²) in [5, 5.41) is 12.5. The minimum absolute atomic E-state index is 0.141. The molecule has 6 nitrogen and oxygen atoms in total. The Kier molecular flexibility index (Phi) is 4.14. The number of hydrogen-bond donors (Lipinski definition) is 1. The summed E-state index contributed by atoms with van der Waals surface area (Å²) in [6.45, 7) is 1.59. The smallest absolute Gasteiger partial charge is 0.245 e. The van der Waals surface area contributed by atoms with Crippen LogP contribution in [0, 0.1) is 5.92 Å². The molecule has 3 heterocycles. The summed E-state index contributed by atoms with van der Waals surface area (Å²) in [6, 6.07) is 1.90. The molecule has 1 saturated heterocycles. The number of aromatic nitrogens is 2. The second kappa shape index (κ2) is 6.29. The number of carbonyl (C=O) groups excluding carboxylic acids is 1. The lowest BCUT2D eigenvalue weighted by Crippen LogP contribution is -2.47. The molecule has 1 aliphatic carbocycles. The van der Waals surface area contributed by atoms with E-state index < -0.39 is 0 Å². The number of aliphatic hydroxyl groups is 1. The van der Waals surface area contributed by atoms with E-state index in [4.69, 9.17) is 0 Å². The molecular weight excluding hydrogens is 324 g/mol. The zero-order valence-corrected chi connectivity index (χ0v) is 14.6. The van der Waals surface area contributed by atoms with Crippen molar-refractivity contribution in [2.24, 2.45) is 5.92 Å². The van der Waals surface area contributed by atoms with Gasteiger partial charge in [0, 0.05) is 20.1 Å². The molecule has 0 radical (unpaired) electrons. The highest BCUT2D eigenvalue weighted by Crippen LogP contribution is 2.33. The second-order valence-electron chi connectivity index (χ2n) is 6.90. The number of likely N-dealkylation sites (N-methyl/N-ethyl adjacent to an activating group) is 1. The number of aliphatic hydroxyl groups excluding tert-OH is 1. The van der Waals surface area contributed by atoms with Gasteiger partial charge in [0.25, 0.3) is 0 Å². The molecule has 0 aromatic carbocycles. The van der Waals surface area contributed by atoms with Crippen LogP contribution in [0.4, 0.5) is 5.82 Å². The zero-order valence-electron chi connectivity index (χ0n) is 13.8. The van der Waals surface area contributed by atoms with Gasteiger partial charge in [0.15, 0.2) is 0 Å². The van der Waals surface area contributed by atoms with E-state index >= 15 is 0 Å². The number of thiophene rings is 1. The van der Waals surface area contributed by atoms with Crippen molar-refractivity contribution in [1.82, 2.24) is 14.9 Å². The number of amides is 1. The van der Waals surface area contributed by atoms with Crippen LogP contribution in [0.2, 0.25) is 0 Å². The predicted octanol–water partition coefficient (Wildman–Crippen LogP) is 1.89. The van der Waals surface area contributed by atoms with E-state index in [1.54, 1.807) is 17.7 Å². The van der Waals surface area contributed by atoms with Crippen LogP contribution >= 0.6 is 11.3 Å². The highest BCUT2D eigenvalue weighted by molar-refractivity contribution is 7.16. The first-order valence-corrected chi connectivity index (χ1v) is 9.39.